The predicted octanol–water partition coefficient (Wildman–Crippen LogP) is 4.65. The smallest absolute Gasteiger partial charge is 0.257 e. The highest BCUT2D eigenvalue weighted by Gasteiger charge is 2.34. The van der Waals surface area contributed by atoms with E-state index in [2.05, 4.69) is 15.5 Å². The number of halogens is 1. The maximum absolute atomic E-state index is 14.5. The van der Waals surface area contributed by atoms with Gasteiger partial charge in [0.2, 0.25) is 0 Å². The molecule has 3 aliphatic rings. The Morgan fingerprint density at radius 1 is 1.12 bits per heavy atom. The summed E-state index contributed by atoms with van der Waals surface area (Å²) in [6.45, 7) is 1.04. The Balaban J connectivity index is 1.46. The number of methoxy groups -OCH3 is 1. The molecule has 3 aromatic carbocycles. The summed E-state index contributed by atoms with van der Waals surface area (Å²) in [5, 5.41) is 9.41. The molecule has 40 heavy (non-hydrogen) atoms. The van der Waals surface area contributed by atoms with E-state index in [1.807, 2.05) is 41.3 Å². The number of benzene rings is 3. The molecular weight excluding hydrogens is 515 g/mol. The number of carbonyl (C=O) groups excluding carboxylic acids is 2. The van der Waals surface area contributed by atoms with Gasteiger partial charge in [-0.2, -0.15) is 5.10 Å². The summed E-state index contributed by atoms with van der Waals surface area (Å²) < 4.78 is 32.1. The number of rotatable bonds is 2. The van der Waals surface area contributed by atoms with E-state index in [1.54, 1.807) is 13.3 Å². The number of ether oxygens (including phenoxy) is 3. The second-order valence-corrected chi connectivity index (χ2v) is 9.61. The van der Waals surface area contributed by atoms with Crippen molar-refractivity contribution in [1.82, 2.24) is 20.4 Å². The molecule has 8 bridgehead atoms. The average molecular weight is 543 g/mol. The number of hydrogen-bond donors (Lipinski definition) is 2. The van der Waals surface area contributed by atoms with Crippen LogP contribution in [0.1, 0.15) is 49.9 Å². The molecule has 0 saturated heterocycles. The molecule has 2 amide bonds. The molecule has 1 aromatic heterocycles. The fourth-order valence-corrected chi connectivity index (χ4v) is 5.18. The molecule has 4 heterocycles. The minimum absolute atomic E-state index is 0.0969. The van der Waals surface area contributed by atoms with E-state index in [0.29, 0.717) is 47.9 Å². The van der Waals surface area contributed by atoms with Gasteiger partial charge in [0.25, 0.3) is 11.8 Å². The molecule has 4 aromatic rings. The van der Waals surface area contributed by atoms with Crippen LogP contribution in [0.15, 0.2) is 67.0 Å². The van der Waals surface area contributed by atoms with Crippen molar-refractivity contribution in [3.8, 4) is 23.0 Å². The van der Waals surface area contributed by atoms with Gasteiger partial charge in [0.05, 0.1) is 37.1 Å². The number of carbonyl (C=O) groups is 2. The molecule has 0 saturated carbocycles. The lowest BCUT2D eigenvalue weighted by atomic mass is 9.87. The second-order valence-electron chi connectivity index (χ2n) is 9.61. The molecule has 0 radical (unpaired) electrons. The van der Waals surface area contributed by atoms with Crippen molar-refractivity contribution in [3.05, 3.63) is 101 Å². The molecule has 2 N–H and O–H groups in total. The van der Waals surface area contributed by atoms with Gasteiger partial charge in [-0.25, -0.2) is 4.39 Å². The summed E-state index contributed by atoms with van der Waals surface area (Å²) in [5.41, 5.74) is 3.20. The van der Waals surface area contributed by atoms with Crippen LogP contribution in [-0.2, 0) is 6.42 Å². The third kappa shape index (κ3) is 4.84. The molecule has 7 rings (SSSR count). The summed E-state index contributed by atoms with van der Waals surface area (Å²) in [6.07, 6.45) is 4.20. The lowest BCUT2D eigenvalue weighted by Gasteiger charge is -2.38. The van der Waals surface area contributed by atoms with Crippen molar-refractivity contribution in [2.45, 2.75) is 18.9 Å². The van der Waals surface area contributed by atoms with Crippen molar-refractivity contribution >= 4 is 11.8 Å². The zero-order valence-corrected chi connectivity index (χ0v) is 21.8. The molecule has 0 spiro atoms. The minimum atomic E-state index is -0.632. The lowest BCUT2D eigenvalue weighted by Crippen LogP contribution is -2.40. The normalized spacial score (nSPS) is 16.7. The van der Waals surface area contributed by atoms with Crippen LogP contribution in [0.4, 0.5) is 4.39 Å². The van der Waals surface area contributed by atoms with Gasteiger partial charge in [0, 0.05) is 19.3 Å². The number of aromatic amines is 1. The van der Waals surface area contributed by atoms with E-state index in [0.717, 1.165) is 16.7 Å². The number of nitrogens with zero attached hydrogens (tertiary/aromatic N) is 2. The Kier molecular flexibility index (Phi) is 6.81. The zero-order valence-electron chi connectivity index (χ0n) is 21.8. The van der Waals surface area contributed by atoms with Gasteiger partial charge >= 0.3 is 0 Å². The van der Waals surface area contributed by atoms with Crippen LogP contribution in [-0.4, -0.2) is 53.7 Å². The SMILES string of the molecule is COc1ccc2cc1OCCCNC(=O)c1cc(ccc1F)Oc1ccc3c(c1)CCN(C(=O)c1cn[nH]c1)C23. The molecule has 1 atom stereocenters. The standard InChI is InChI=1S/C30H27FN4O5/c1-38-26-8-3-19-14-27(26)39-12-2-10-32-29(36)24-15-22(5-7-25(24)31)40-21-4-6-23-18(13-21)9-11-35(28(19)23)30(37)20-16-33-34-17-20/h3-8,13-17,28H,2,9-12H2,1H3,(H,32,36)(H,33,34). The first kappa shape index (κ1) is 25.4. The molecule has 1 unspecified atom stereocenters. The molecule has 3 aliphatic heterocycles. The van der Waals surface area contributed by atoms with Gasteiger partial charge in [0.1, 0.15) is 17.3 Å². The molecule has 10 heteroatoms. The maximum Gasteiger partial charge on any atom is 0.257 e. The molecule has 0 fully saturated rings. The van der Waals surface area contributed by atoms with E-state index in [9.17, 15) is 14.0 Å². The van der Waals surface area contributed by atoms with Gasteiger partial charge in [-0.15, -0.1) is 0 Å². The molecule has 0 aliphatic carbocycles. The number of nitrogens with one attached hydrogen (secondary N) is 2. The Morgan fingerprint density at radius 2 is 1.98 bits per heavy atom. The summed E-state index contributed by atoms with van der Waals surface area (Å²) >= 11 is 0. The van der Waals surface area contributed by atoms with Crippen LogP contribution in [0.3, 0.4) is 0 Å². The van der Waals surface area contributed by atoms with E-state index in [1.165, 1.54) is 24.4 Å². The largest absolute Gasteiger partial charge is 0.493 e. The topological polar surface area (TPSA) is 106 Å². The van der Waals surface area contributed by atoms with Gasteiger partial charge in [-0.1, -0.05) is 12.1 Å². The van der Waals surface area contributed by atoms with Crippen LogP contribution >= 0.6 is 0 Å². The van der Waals surface area contributed by atoms with E-state index < -0.39 is 17.8 Å². The van der Waals surface area contributed by atoms with Crippen LogP contribution in [0.25, 0.3) is 0 Å². The van der Waals surface area contributed by atoms with Crippen molar-refractivity contribution in [3.63, 3.8) is 0 Å². The summed E-state index contributed by atoms with van der Waals surface area (Å²) in [6, 6.07) is 15.0. The number of H-pyrrole nitrogens is 1. The Bertz CT molecular complexity index is 1570. The fourth-order valence-electron chi connectivity index (χ4n) is 5.18. The Labute approximate surface area is 229 Å². The van der Waals surface area contributed by atoms with Crippen LogP contribution in [0, 0.1) is 5.82 Å². The third-order valence-corrected chi connectivity index (χ3v) is 7.13. The number of fused-ring (bicyclic) bond motifs is 6. The highest BCUT2D eigenvalue weighted by molar-refractivity contribution is 5.95. The zero-order chi connectivity index (χ0) is 27.6. The number of aromatic nitrogens is 2. The Hall–Kier alpha value is -4.86. The van der Waals surface area contributed by atoms with Gasteiger partial charge in [-0.05, 0) is 72.0 Å². The summed E-state index contributed by atoms with van der Waals surface area (Å²) in [7, 11) is 1.56. The summed E-state index contributed by atoms with van der Waals surface area (Å²) in [4.78, 5) is 28.1. The fraction of sp³-hybridized carbons (Fsp3) is 0.233. The molecule has 204 valence electrons. The first-order valence-corrected chi connectivity index (χ1v) is 13.0. The van der Waals surface area contributed by atoms with Crippen molar-refractivity contribution in [2.24, 2.45) is 0 Å². The predicted molar refractivity (Wildman–Crippen MR) is 144 cm³/mol. The van der Waals surface area contributed by atoms with Gasteiger partial charge in [-0.3, -0.25) is 14.7 Å². The van der Waals surface area contributed by atoms with Crippen LogP contribution in [0.2, 0.25) is 0 Å². The summed E-state index contributed by atoms with van der Waals surface area (Å²) in [5.74, 6) is 0.666. The second kappa shape index (κ2) is 10.7. The maximum atomic E-state index is 14.5. The van der Waals surface area contributed by atoms with Gasteiger partial charge in [0.15, 0.2) is 11.5 Å². The molecule has 9 nitrogen and oxygen atoms in total. The monoisotopic (exact) mass is 542 g/mol. The van der Waals surface area contributed by atoms with E-state index in [4.69, 9.17) is 14.2 Å². The number of hydrogen-bond acceptors (Lipinski definition) is 6. The van der Waals surface area contributed by atoms with Crippen molar-refractivity contribution in [1.29, 1.82) is 0 Å². The van der Waals surface area contributed by atoms with E-state index >= 15 is 0 Å². The quantitative estimate of drug-likeness (QED) is 0.382. The lowest BCUT2D eigenvalue weighted by molar-refractivity contribution is 0.0694. The molecular formula is C30H27FN4O5. The average Bonchev–Trinajstić information content (AvgIpc) is 3.51. The van der Waals surface area contributed by atoms with Crippen LogP contribution < -0.4 is 19.5 Å². The highest BCUT2D eigenvalue weighted by atomic mass is 19.1. The van der Waals surface area contributed by atoms with Crippen molar-refractivity contribution < 1.29 is 28.2 Å². The minimum Gasteiger partial charge on any atom is -0.493 e. The number of amides is 2. The van der Waals surface area contributed by atoms with E-state index in [-0.39, 0.29) is 24.6 Å². The highest BCUT2D eigenvalue weighted by Crippen LogP contribution is 2.41. The first-order chi connectivity index (χ1) is 19.5. The van der Waals surface area contributed by atoms with Gasteiger partial charge < -0.3 is 24.4 Å². The van der Waals surface area contributed by atoms with Crippen molar-refractivity contribution in [2.75, 3.05) is 26.8 Å². The first-order valence-electron chi connectivity index (χ1n) is 13.0. The Morgan fingerprint density at radius 3 is 2.80 bits per heavy atom. The third-order valence-electron chi connectivity index (χ3n) is 7.13. The van der Waals surface area contributed by atoms with Crippen LogP contribution in [0.5, 0.6) is 23.0 Å².